The van der Waals surface area contributed by atoms with Crippen LogP contribution in [0.4, 0.5) is 5.69 Å². The summed E-state index contributed by atoms with van der Waals surface area (Å²) in [5.41, 5.74) is 5.41. The third-order valence-corrected chi connectivity index (χ3v) is 4.90. The van der Waals surface area contributed by atoms with Gasteiger partial charge in [-0.05, 0) is 41.0 Å². The summed E-state index contributed by atoms with van der Waals surface area (Å²) in [5, 5.41) is 10.6. The maximum Gasteiger partial charge on any atom is 0.118 e. The summed E-state index contributed by atoms with van der Waals surface area (Å²) >= 11 is 0. The van der Waals surface area contributed by atoms with Crippen LogP contribution in [-0.4, -0.2) is 19.0 Å². The molecule has 1 aliphatic rings. The van der Waals surface area contributed by atoms with Gasteiger partial charge < -0.3 is 10.6 Å². The lowest BCUT2D eigenvalue weighted by molar-refractivity contribution is 0.414. The van der Waals surface area contributed by atoms with Crippen LogP contribution in [0.5, 0.6) is 5.75 Å². The van der Waals surface area contributed by atoms with E-state index in [4.69, 9.17) is 15.7 Å². The Kier molecular flexibility index (Phi) is 5.06. The second-order valence-corrected chi connectivity index (χ2v) is 6.62. The molecule has 5 heteroatoms. The van der Waals surface area contributed by atoms with E-state index >= 15 is 0 Å². The summed E-state index contributed by atoms with van der Waals surface area (Å²) in [4.78, 5) is 0. The van der Waals surface area contributed by atoms with E-state index in [0.717, 1.165) is 34.7 Å². The maximum atomic E-state index is 5.31. The van der Waals surface area contributed by atoms with E-state index in [1.54, 1.807) is 13.3 Å². The lowest BCUT2D eigenvalue weighted by Crippen LogP contribution is -2.18. The van der Waals surface area contributed by atoms with Gasteiger partial charge in [-0.25, -0.2) is 0 Å². The van der Waals surface area contributed by atoms with E-state index in [0.29, 0.717) is 0 Å². The first kappa shape index (κ1) is 17.8. The topological polar surface area (TPSA) is 63.2 Å². The Labute approximate surface area is 164 Å². The van der Waals surface area contributed by atoms with Crippen molar-refractivity contribution in [2.75, 3.05) is 12.1 Å². The van der Waals surface area contributed by atoms with Crippen molar-refractivity contribution in [3.63, 3.8) is 0 Å². The highest BCUT2D eigenvalue weighted by Gasteiger charge is 2.29. The number of anilines is 1. The summed E-state index contributed by atoms with van der Waals surface area (Å²) in [5.74, 6) is 6.10. The van der Waals surface area contributed by atoms with Gasteiger partial charge >= 0.3 is 0 Å². The zero-order valence-corrected chi connectivity index (χ0v) is 15.7. The highest BCUT2D eigenvalue weighted by Crippen LogP contribution is 2.37. The number of ether oxygens (including phenoxy) is 1. The molecule has 3 aromatic carbocycles. The molecule has 1 atom stereocenters. The number of nitrogens with zero attached hydrogens (tertiary/aromatic N) is 3. The van der Waals surface area contributed by atoms with E-state index in [9.17, 15) is 0 Å². The van der Waals surface area contributed by atoms with Crippen molar-refractivity contribution in [1.29, 1.82) is 0 Å². The quantitative estimate of drug-likeness (QED) is 0.413. The Morgan fingerprint density at radius 2 is 1.71 bits per heavy atom. The van der Waals surface area contributed by atoms with Gasteiger partial charge in [0.15, 0.2) is 0 Å². The SMILES string of the molecule is COc1ccc(C2CC(c3ccccc3)=NN2c2ccc(C=NN)cc2)cc1. The van der Waals surface area contributed by atoms with Gasteiger partial charge in [0.1, 0.15) is 5.75 Å². The van der Waals surface area contributed by atoms with Crippen LogP contribution in [0.2, 0.25) is 0 Å². The molecule has 0 bridgehead atoms. The molecule has 4 rings (SSSR count). The molecular formula is C23H22N4O. The fourth-order valence-corrected chi connectivity index (χ4v) is 3.44. The number of methoxy groups -OCH3 is 1. The zero-order valence-electron chi connectivity index (χ0n) is 15.7. The Morgan fingerprint density at radius 1 is 1.00 bits per heavy atom. The predicted octanol–water partition coefficient (Wildman–Crippen LogP) is 4.34. The van der Waals surface area contributed by atoms with Crippen LogP contribution in [-0.2, 0) is 0 Å². The van der Waals surface area contributed by atoms with Crippen LogP contribution in [0.15, 0.2) is 89.1 Å². The van der Waals surface area contributed by atoms with Gasteiger partial charge in [0.25, 0.3) is 0 Å². The van der Waals surface area contributed by atoms with Crippen LogP contribution in [0, 0.1) is 0 Å². The zero-order chi connectivity index (χ0) is 19.3. The largest absolute Gasteiger partial charge is 0.497 e. The molecule has 0 aliphatic carbocycles. The smallest absolute Gasteiger partial charge is 0.118 e. The third-order valence-electron chi connectivity index (χ3n) is 4.90. The fourth-order valence-electron chi connectivity index (χ4n) is 3.44. The number of hydrogen-bond acceptors (Lipinski definition) is 5. The van der Waals surface area contributed by atoms with E-state index in [1.165, 1.54) is 5.56 Å². The first-order valence-electron chi connectivity index (χ1n) is 9.18. The monoisotopic (exact) mass is 370 g/mol. The fraction of sp³-hybridized carbons (Fsp3) is 0.130. The van der Waals surface area contributed by atoms with Gasteiger partial charge in [-0.15, -0.1) is 0 Å². The molecule has 0 saturated carbocycles. The molecule has 0 amide bonds. The molecule has 5 nitrogen and oxygen atoms in total. The number of benzene rings is 3. The average Bonchev–Trinajstić information content (AvgIpc) is 3.21. The highest BCUT2D eigenvalue weighted by atomic mass is 16.5. The molecule has 1 unspecified atom stereocenters. The molecule has 28 heavy (non-hydrogen) atoms. The molecule has 1 heterocycles. The number of hydrogen-bond donors (Lipinski definition) is 1. The minimum absolute atomic E-state index is 0.120. The van der Waals surface area contributed by atoms with Crippen molar-refractivity contribution < 1.29 is 4.74 Å². The number of nitrogens with two attached hydrogens (primary N) is 1. The minimum atomic E-state index is 0.120. The van der Waals surface area contributed by atoms with Crippen LogP contribution in [0.1, 0.15) is 29.2 Å². The van der Waals surface area contributed by atoms with Gasteiger partial charge in [0.2, 0.25) is 0 Å². The van der Waals surface area contributed by atoms with Gasteiger partial charge in [-0.2, -0.15) is 10.2 Å². The van der Waals surface area contributed by atoms with Crippen molar-refractivity contribution in [1.82, 2.24) is 0 Å². The molecule has 1 aliphatic heterocycles. The Morgan fingerprint density at radius 3 is 2.36 bits per heavy atom. The second kappa shape index (κ2) is 7.96. The van der Waals surface area contributed by atoms with Crippen LogP contribution >= 0.6 is 0 Å². The summed E-state index contributed by atoms with van der Waals surface area (Å²) < 4.78 is 5.31. The van der Waals surface area contributed by atoms with Gasteiger partial charge in [-0.1, -0.05) is 54.6 Å². The van der Waals surface area contributed by atoms with E-state index in [-0.39, 0.29) is 6.04 Å². The molecule has 0 aromatic heterocycles. The lowest BCUT2D eigenvalue weighted by atomic mass is 9.98. The van der Waals surface area contributed by atoms with Crippen molar-refractivity contribution >= 4 is 17.6 Å². The normalized spacial score (nSPS) is 16.4. The summed E-state index contributed by atoms with van der Waals surface area (Å²) in [6.07, 6.45) is 2.47. The third kappa shape index (κ3) is 3.60. The van der Waals surface area contributed by atoms with E-state index < -0.39 is 0 Å². The Hall–Kier alpha value is -3.60. The van der Waals surface area contributed by atoms with Gasteiger partial charge in [0, 0.05) is 6.42 Å². The van der Waals surface area contributed by atoms with Gasteiger partial charge in [-0.3, -0.25) is 5.01 Å². The van der Waals surface area contributed by atoms with Crippen molar-refractivity contribution in [3.05, 3.63) is 95.6 Å². The van der Waals surface area contributed by atoms with E-state index in [2.05, 4.69) is 34.4 Å². The van der Waals surface area contributed by atoms with Gasteiger partial charge in [0.05, 0.1) is 30.8 Å². The van der Waals surface area contributed by atoms with Crippen LogP contribution < -0.4 is 15.6 Å². The minimum Gasteiger partial charge on any atom is -0.497 e. The second-order valence-electron chi connectivity index (χ2n) is 6.62. The van der Waals surface area contributed by atoms with Crippen LogP contribution in [0.3, 0.4) is 0 Å². The summed E-state index contributed by atoms with van der Waals surface area (Å²) in [7, 11) is 1.68. The van der Waals surface area contributed by atoms with Crippen LogP contribution in [0.25, 0.3) is 0 Å². The molecular weight excluding hydrogens is 348 g/mol. The molecule has 3 aromatic rings. The van der Waals surface area contributed by atoms with E-state index in [1.807, 2.05) is 54.6 Å². The average molecular weight is 370 g/mol. The van der Waals surface area contributed by atoms with Crippen molar-refractivity contribution in [3.8, 4) is 5.75 Å². The standard InChI is InChI=1S/C23H22N4O/c1-28-21-13-9-19(10-14-21)23-15-22(18-5-3-2-4-6-18)26-27(23)20-11-7-17(8-12-20)16-25-24/h2-14,16,23H,15,24H2,1H3. The Bertz CT molecular complexity index is 979. The summed E-state index contributed by atoms with van der Waals surface area (Å²) in [6, 6.07) is 26.7. The maximum absolute atomic E-state index is 5.31. The number of rotatable bonds is 5. The molecule has 0 spiro atoms. The van der Waals surface area contributed by atoms with Crippen molar-refractivity contribution in [2.45, 2.75) is 12.5 Å². The first-order chi connectivity index (χ1) is 13.8. The van der Waals surface area contributed by atoms with Crippen molar-refractivity contribution in [2.24, 2.45) is 16.0 Å². The first-order valence-corrected chi connectivity index (χ1v) is 9.18. The summed E-state index contributed by atoms with van der Waals surface area (Å²) in [6.45, 7) is 0. The molecule has 140 valence electrons. The predicted molar refractivity (Wildman–Crippen MR) is 114 cm³/mol. The molecule has 0 radical (unpaired) electrons. The molecule has 2 N–H and O–H groups in total. The highest BCUT2D eigenvalue weighted by molar-refractivity contribution is 6.03. The Balaban J connectivity index is 1.71. The lowest BCUT2D eigenvalue weighted by Gasteiger charge is -2.24. The molecule has 0 saturated heterocycles. The number of hydrazone groups is 2. The molecule has 0 fully saturated rings.